The third kappa shape index (κ3) is 4.97. The molecule has 2 unspecified atom stereocenters. The molecule has 0 radical (unpaired) electrons. The molecule has 1 saturated carbocycles. The van der Waals surface area contributed by atoms with Crippen molar-refractivity contribution in [2.75, 3.05) is 0 Å². The van der Waals surface area contributed by atoms with Gasteiger partial charge in [0.1, 0.15) is 0 Å². The van der Waals surface area contributed by atoms with Crippen molar-refractivity contribution in [2.45, 2.75) is 60.3 Å². The summed E-state index contributed by atoms with van der Waals surface area (Å²) in [6.45, 7) is 19.4. The lowest BCUT2D eigenvalue weighted by Crippen LogP contribution is -2.39. The minimum absolute atomic E-state index is 0.0295. The standard InChI is InChI=1S/C24H36/c1-8-12-16-22(15-11-4)24(21(13-9-2)14-10-3)18-20(5)17-23(6,7)19-24/h9-16,20H,2,4,8,17-19H2,1,3,5-7H3/b14-10-,16-12-,21-13+,22-15+. The highest BCUT2D eigenvalue weighted by Gasteiger charge is 2.45. The first-order valence-corrected chi connectivity index (χ1v) is 9.31. The molecule has 0 nitrogen and oxygen atoms in total. The van der Waals surface area contributed by atoms with Crippen LogP contribution in [0, 0.1) is 16.7 Å². The molecule has 0 aromatic carbocycles. The zero-order valence-corrected chi connectivity index (χ0v) is 16.4. The molecule has 132 valence electrons. The van der Waals surface area contributed by atoms with E-state index >= 15 is 0 Å². The van der Waals surface area contributed by atoms with Crippen molar-refractivity contribution < 1.29 is 0 Å². The quantitative estimate of drug-likeness (QED) is 0.423. The second-order valence-corrected chi connectivity index (χ2v) is 7.96. The number of hydrogen-bond acceptors (Lipinski definition) is 0. The highest BCUT2D eigenvalue weighted by atomic mass is 14.5. The summed E-state index contributed by atoms with van der Waals surface area (Å²) in [7, 11) is 0. The van der Waals surface area contributed by atoms with E-state index in [0.29, 0.717) is 11.3 Å². The van der Waals surface area contributed by atoms with Crippen molar-refractivity contribution in [3.05, 3.63) is 72.9 Å². The summed E-state index contributed by atoms with van der Waals surface area (Å²) >= 11 is 0. The zero-order valence-electron chi connectivity index (χ0n) is 16.4. The molecule has 0 N–H and O–H groups in total. The average Bonchev–Trinajstić information content (AvgIpc) is 2.49. The lowest BCUT2D eigenvalue weighted by atomic mass is 9.54. The van der Waals surface area contributed by atoms with Crippen molar-refractivity contribution in [1.29, 1.82) is 0 Å². The lowest BCUT2D eigenvalue weighted by molar-refractivity contribution is 0.103. The van der Waals surface area contributed by atoms with Crippen molar-refractivity contribution in [1.82, 2.24) is 0 Å². The van der Waals surface area contributed by atoms with Crippen LogP contribution in [0.15, 0.2) is 72.9 Å². The van der Waals surface area contributed by atoms with Crippen LogP contribution in [0.4, 0.5) is 0 Å². The van der Waals surface area contributed by atoms with Gasteiger partial charge in [0.25, 0.3) is 0 Å². The van der Waals surface area contributed by atoms with Crippen LogP contribution in [-0.4, -0.2) is 0 Å². The Morgan fingerprint density at radius 1 is 1.04 bits per heavy atom. The SMILES string of the molecule is C=C/C=C(\C=C/C)C1(C(/C=C\CC)=C/C=C)CC(C)CC(C)(C)C1. The fourth-order valence-electron chi connectivity index (χ4n) is 4.61. The predicted octanol–water partition coefficient (Wildman–Crippen LogP) is 7.59. The molecule has 1 aliphatic rings. The minimum atomic E-state index is 0.0295. The largest absolute Gasteiger partial charge is 0.0991 e. The predicted molar refractivity (Wildman–Crippen MR) is 110 cm³/mol. The van der Waals surface area contributed by atoms with Gasteiger partial charge < -0.3 is 0 Å². The maximum Gasteiger partial charge on any atom is 0.0210 e. The van der Waals surface area contributed by atoms with E-state index in [2.05, 4.69) is 84.2 Å². The molecule has 0 aliphatic heterocycles. The molecule has 0 amide bonds. The molecule has 1 fully saturated rings. The van der Waals surface area contributed by atoms with Gasteiger partial charge in [-0.05, 0) is 55.1 Å². The summed E-state index contributed by atoms with van der Waals surface area (Å²) in [6, 6.07) is 0. The van der Waals surface area contributed by atoms with Gasteiger partial charge in [-0.25, -0.2) is 0 Å². The van der Waals surface area contributed by atoms with Gasteiger partial charge in [-0.3, -0.25) is 0 Å². The van der Waals surface area contributed by atoms with Gasteiger partial charge in [-0.2, -0.15) is 0 Å². The first-order chi connectivity index (χ1) is 11.3. The smallest absolute Gasteiger partial charge is 0.0210 e. The second kappa shape index (κ2) is 9.06. The van der Waals surface area contributed by atoms with E-state index in [1.54, 1.807) is 0 Å². The summed E-state index contributed by atoms with van der Waals surface area (Å²) in [5.74, 6) is 0.690. The van der Waals surface area contributed by atoms with E-state index in [4.69, 9.17) is 0 Å². The van der Waals surface area contributed by atoms with Crippen molar-refractivity contribution in [3.63, 3.8) is 0 Å². The van der Waals surface area contributed by atoms with Crippen molar-refractivity contribution in [3.8, 4) is 0 Å². The van der Waals surface area contributed by atoms with Gasteiger partial charge in [0.05, 0.1) is 0 Å². The molecule has 0 heterocycles. The van der Waals surface area contributed by atoms with Crippen molar-refractivity contribution in [2.24, 2.45) is 16.7 Å². The fraction of sp³-hybridized carbons (Fsp3) is 0.500. The van der Waals surface area contributed by atoms with Crippen LogP contribution in [0.5, 0.6) is 0 Å². The third-order valence-corrected chi connectivity index (χ3v) is 4.96. The minimum Gasteiger partial charge on any atom is -0.0991 e. The molecule has 1 aliphatic carbocycles. The molecular weight excluding hydrogens is 288 g/mol. The Bertz CT molecular complexity index is 551. The molecule has 0 spiro atoms. The Morgan fingerprint density at radius 3 is 2.08 bits per heavy atom. The van der Waals surface area contributed by atoms with E-state index < -0.39 is 0 Å². The average molecular weight is 325 g/mol. The van der Waals surface area contributed by atoms with Gasteiger partial charge in [-0.15, -0.1) is 0 Å². The van der Waals surface area contributed by atoms with E-state index in [9.17, 15) is 0 Å². The van der Waals surface area contributed by atoms with Gasteiger partial charge in [0.15, 0.2) is 0 Å². The lowest BCUT2D eigenvalue weighted by Gasteiger charge is -2.49. The first-order valence-electron chi connectivity index (χ1n) is 9.31. The number of rotatable bonds is 7. The summed E-state index contributed by atoms with van der Waals surface area (Å²) in [4.78, 5) is 0. The Balaban J connectivity index is 3.63. The Labute approximate surface area is 150 Å². The molecule has 2 atom stereocenters. The summed E-state index contributed by atoms with van der Waals surface area (Å²) in [5, 5.41) is 0. The summed E-state index contributed by atoms with van der Waals surface area (Å²) in [5.41, 5.74) is 3.10. The van der Waals surface area contributed by atoms with Crippen LogP contribution in [0.3, 0.4) is 0 Å². The van der Waals surface area contributed by atoms with Gasteiger partial charge >= 0.3 is 0 Å². The van der Waals surface area contributed by atoms with Crippen molar-refractivity contribution >= 4 is 0 Å². The maximum absolute atomic E-state index is 3.97. The molecule has 0 bridgehead atoms. The fourth-order valence-corrected chi connectivity index (χ4v) is 4.61. The van der Waals surface area contributed by atoms with Gasteiger partial charge in [0.2, 0.25) is 0 Å². The Morgan fingerprint density at radius 2 is 1.62 bits per heavy atom. The highest BCUT2D eigenvalue weighted by molar-refractivity contribution is 5.45. The van der Waals surface area contributed by atoms with Crippen LogP contribution >= 0.6 is 0 Å². The normalized spacial score (nSPS) is 28.5. The first kappa shape index (κ1) is 20.5. The van der Waals surface area contributed by atoms with Crippen LogP contribution in [0.2, 0.25) is 0 Å². The molecule has 0 saturated heterocycles. The topological polar surface area (TPSA) is 0 Å². The Kier molecular flexibility index (Phi) is 7.73. The molecule has 0 heteroatoms. The van der Waals surface area contributed by atoms with E-state index in [0.717, 1.165) is 12.8 Å². The molecule has 24 heavy (non-hydrogen) atoms. The zero-order chi connectivity index (χ0) is 18.2. The monoisotopic (exact) mass is 324 g/mol. The maximum atomic E-state index is 3.97. The molecule has 1 rings (SSSR count). The number of hydrogen-bond donors (Lipinski definition) is 0. The third-order valence-electron chi connectivity index (χ3n) is 4.96. The van der Waals surface area contributed by atoms with Crippen LogP contribution < -0.4 is 0 Å². The van der Waals surface area contributed by atoms with Crippen LogP contribution in [0.1, 0.15) is 60.3 Å². The summed E-state index contributed by atoms with van der Waals surface area (Å²) in [6.07, 6.45) is 21.9. The summed E-state index contributed by atoms with van der Waals surface area (Å²) < 4.78 is 0. The van der Waals surface area contributed by atoms with Crippen LogP contribution in [0.25, 0.3) is 0 Å². The molecule has 0 aromatic rings. The number of allylic oxidation sites excluding steroid dienone is 10. The van der Waals surface area contributed by atoms with E-state index in [1.165, 1.54) is 24.0 Å². The Hall–Kier alpha value is -1.56. The molecular formula is C24H36. The van der Waals surface area contributed by atoms with Gasteiger partial charge in [0, 0.05) is 5.41 Å². The van der Waals surface area contributed by atoms with E-state index in [-0.39, 0.29) is 5.41 Å². The van der Waals surface area contributed by atoms with Gasteiger partial charge in [-0.1, -0.05) is 89.5 Å². The van der Waals surface area contributed by atoms with Crippen LogP contribution in [-0.2, 0) is 0 Å². The highest BCUT2D eigenvalue weighted by Crippen LogP contribution is 2.56. The molecule has 0 aromatic heterocycles. The van der Waals surface area contributed by atoms with E-state index in [1.807, 2.05) is 12.2 Å². The second-order valence-electron chi connectivity index (χ2n) is 7.96.